The first-order valence-corrected chi connectivity index (χ1v) is 6.13. The molecule has 0 aliphatic carbocycles. The summed E-state index contributed by atoms with van der Waals surface area (Å²) in [5, 5.41) is 8.77. The van der Waals surface area contributed by atoms with Gasteiger partial charge < -0.3 is 5.11 Å². The van der Waals surface area contributed by atoms with Crippen molar-refractivity contribution in [3.8, 4) is 11.1 Å². The third-order valence-corrected chi connectivity index (χ3v) is 3.09. The van der Waals surface area contributed by atoms with Crippen LogP contribution in [0.15, 0.2) is 42.5 Å². The lowest BCUT2D eigenvalue weighted by atomic mass is 9.93. The van der Waals surface area contributed by atoms with Gasteiger partial charge in [0.1, 0.15) is 0 Å². The first-order valence-electron chi connectivity index (χ1n) is 6.13. The van der Waals surface area contributed by atoms with Gasteiger partial charge in [-0.25, -0.2) is 4.79 Å². The lowest BCUT2D eigenvalue weighted by molar-refractivity contribution is -0.139. The number of hydrogen-bond acceptors (Lipinski definition) is 1. The summed E-state index contributed by atoms with van der Waals surface area (Å²) in [5.41, 5.74) is -4.71. The largest absolute Gasteiger partial charge is 0.478 e. The van der Waals surface area contributed by atoms with Gasteiger partial charge in [-0.3, -0.25) is 0 Å². The molecule has 2 nitrogen and oxygen atoms in total. The Balaban J connectivity index is 2.77. The van der Waals surface area contributed by atoms with Crippen LogP contribution in [0.5, 0.6) is 0 Å². The predicted molar refractivity (Wildman–Crippen MR) is 68.8 cm³/mol. The van der Waals surface area contributed by atoms with Crippen molar-refractivity contribution in [1.82, 2.24) is 0 Å². The molecule has 0 aliphatic heterocycles. The minimum absolute atomic E-state index is 0.324. The van der Waals surface area contributed by atoms with Gasteiger partial charge in [0.25, 0.3) is 0 Å². The SMILES string of the molecule is O=C(O)c1ccc(-c2ccccc2C(F)(F)F)c(C(F)(F)F)c1. The maximum atomic E-state index is 13.1. The average molecular weight is 334 g/mol. The van der Waals surface area contributed by atoms with Gasteiger partial charge in [-0.1, -0.05) is 24.3 Å². The second-order valence-electron chi connectivity index (χ2n) is 4.61. The highest BCUT2D eigenvalue weighted by atomic mass is 19.4. The molecule has 0 aromatic heterocycles. The van der Waals surface area contributed by atoms with Crippen molar-refractivity contribution in [2.75, 3.05) is 0 Å². The Labute approximate surface area is 126 Å². The van der Waals surface area contributed by atoms with Crippen LogP contribution in [0.4, 0.5) is 26.3 Å². The number of carboxylic acids is 1. The molecule has 0 saturated carbocycles. The Morgan fingerprint density at radius 2 is 1.30 bits per heavy atom. The number of hydrogen-bond donors (Lipinski definition) is 1. The Hall–Kier alpha value is -2.51. The molecule has 0 heterocycles. The second kappa shape index (κ2) is 5.60. The van der Waals surface area contributed by atoms with E-state index in [4.69, 9.17) is 5.11 Å². The quantitative estimate of drug-likeness (QED) is 0.777. The lowest BCUT2D eigenvalue weighted by Crippen LogP contribution is -2.12. The molecule has 23 heavy (non-hydrogen) atoms. The summed E-state index contributed by atoms with van der Waals surface area (Å²) < 4.78 is 78.4. The number of rotatable bonds is 2. The number of halogens is 6. The Morgan fingerprint density at radius 3 is 1.83 bits per heavy atom. The highest BCUT2D eigenvalue weighted by Crippen LogP contribution is 2.42. The smallest absolute Gasteiger partial charge is 0.417 e. The summed E-state index contributed by atoms with van der Waals surface area (Å²) in [6.45, 7) is 0. The van der Waals surface area contributed by atoms with E-state index in [0.29, 0.717) is 12.1 Å². The van der Waals surface area contributed by atoms with Crippen LogP contribution in [0.1, 0.15) is 21.5 Å². The van der Waals surface area contributed by atoms with Gasteiger partial charge in [0, 0.05) is 0 Å². The minimum atomic E-state index is -5.00. The van der Waals surface area contributed by atoms with E-state index in [0.717, 1.165) is 24.3 Å². The Morgan fingerprint density at radius 1 is 0.783 bits per heavy atom. The van der Waals surface area contributed by atoms with Crippen molar-refractivity contribution in [2.24, 2.45) is 0 Å². The molecule has 1 N–H and O–H groups in total. The van der Waals surface area contributed by atoms with Crippen LogP contribution in [-0.2, 0) is 12.4 Å². The standard InChI is InChI=1S/C15H8F6O2/c16-14(17,18)11-4-2-1-3-9(11)10-6-5-8(13(22)23)7-12(10)15(19,20)21/h1-7H,(H,22,23). The third kappa shape index (κ3) is 3.46. The molecule has 0 unspecified atom stereocenters. The fourth-order valence-electron chi connectivity index (χ4n) is 2.11. The van der Waals surface area contributed by atoms with E-state index in [1.807, 2.05) is 0 Å². The molecule has 0 radical (unpaired) electrons. The molecule has 0 aliphatic rings. The summed E-state index contributed by atoms with van der Waals surface area (Å²) >= 11 is 0. The molecule has 2 aromatic carbocycles. The van der Waals surface area contributed by atoms with Crippen molar-refractivity contribution >= 4 is 5.97 Å². The molecule has 0 bridgehead atoms. The summed E-state index contributed by atoms with van der Waals surface area (Å²) in [7, 11) is 0. The molecule has 0 atom stereocenters. The van der Waals surface area contributed by atoms with Gasteiger partial charge in [-0.05, 0) is 29.3 Å². The highest BCUT2D eigenvalue weighted by Gasteiger charge is 2.38. The van der Waals surface area contributed by atoms with Crippen LogP contribution < -0.4 is 0 Å². The van der Waals surface area contributed by atoms with E-state index in [1.165, 1.54) is 6.07 Å². The number of benzene rings is 2. The molecule has 8 heteroatoms. The minimum Gasteiger partial charge on any atom is -0.478 e. The van der Waals surface area contributed by atoms with Crippen LogP contribution in [0.3, 0.4) is 0 Å². The Bertz CT molecular complexity index is 746. The summed E-state index contributed by atoms with van der Waals surface area (Å²) in [6, 6.07) is 5.71. The van der Waals surface area contributed by atoms with Crippen LogP contribution >= 0.6 is 0 Å². The van der Waals surface area contributed by atoms with E-state index >= 15 is 0 Å². The fourth-order valence-corrected chi connectivity index (χ4v) is 2.11. The third-order valence-electron chi connectivity index (χ3n) is 3.09. The Kier molecular flexibility index (Phi) is 4.10. The number of aromatic carboxylic acids is 1. The maximum absolute atomic E-state index is 13.1. The molecule has 122 valence electrons. The van der Waals surface area contributed by atoms with Crippen LogP contribution in [0.25, 0.3) is 11.1 Å². The van der Waals surface area contributed by atoms with Gasteiger partial charge in [-0.15, -0.1) is 0 Å². The monoisotopic (exact) mass is 334 g/mol. The van der Waals surface area contributed by atoms with Crippen molar-refractivity contribution in [1.29, 1.82) is 0 Å². The van der Waals surface area contributed by atoms with Crippen LogP contribution in [-0.4, -0.2) is 11.1 Å². The molecule has 0 fully saturated rings. The molecule has 2 rings (SSSR count). The van der Waals surface area contributed by atoms with Crippen molar-refractivity contribution in [3.05, 3.63) is 59.2 Å². The first kappa shape index (κ1) is 16.9. The van der Waals surface area contributed by atoms with Crippen LogP contribution in [0, 0.1) is 0 Å². The summed E-state index contributed by atoms with van der Waals surface area (Å²) in [5.74, 6) is -1.61. The second-order valence-corrected chi connectivity index (χ2v) is 4.61. The van der Waals surface area contributed by atoms with Gasteiger partial charge in [-0.2, -0.15) is 26.3 Å². The topological polar surface area (TPSA) is 37.3 Å². The van der Waals surface area contributed by atoms with E-state index in [9.17, 15) is 31.1 Å². The van der Waals surface area contributed by atoms with Crippen molar-refractivity contribution in [3.63, 3.8) is 0 Å². The predicted octanol–water partition coefficient (Wildman–Crippen LogP) is 5.09. The maximum Gasteiger partial charge on any atom is 0.417 e. The number of carboxylic acid groups (broad SMARTS) is 1. The van der Waals surface area contributed by atoms with E-state index in [2.05, 4.69) is 0 Å². The lowest BCUT2D eigenvalue weighted by Gasteiger charge is -2.17. The zero-order chi connectivity index (χ0) is 17.4. The molecular weight excluding hydrogens is 326 g/mol. The van der Waals surface area contributed by atoms with Crippen LogP contribution in [0.2, 0.25) is 0 Å². The van der Waals surface area contributed by atoms with Gasteiger partial charge in [0.2, 0.25) is 0 Å². The summed E-state index contributed by atoms with van der Waals surface area (Å²) in [6.07, 6.45) is -9.84. The molecule has 2 aromatic rings. The number of carbonyl (C=O) groups is 1. The molecule has 0 spiro atoms. The van der Waals surface area contributed by atoms with E-state index < -0.39 is 46.1 Å². The molecule has 0 saturated heterocycles. The van der Waals surface area contributed by atoms with Gasteiger partial charge in [0.15, 0.2) is 0 Å². The zero-order valence-electron chi connectivity index (χ0n) is 11.2. The van der Waals surface area contributed by atoms with Gasteiger partial charge in [0.05, 0.1) is 16.7 Å². The highest BCUT2D eigenvalue weighted by molar-refractivity contribution is 5.89. The normalized spacial score (nSPS) is 12.3. The van der Waals surface area contributed by atoms with Crippen molar-refractivity contribution in [2.45, 2.75) is 12.4 Å². The van der Waals surface area contributed by atoms with E-state index in [-0.39, 0.29) is 0 Å². The first-order chi connectivity index (χ1) is 10.5. The van der Waals surface area contributed by atoms with Crippen molar-refractivity contribution < 1.29 is 36.2 Å². The zero-order valence-corrected chi connectivity index (χ0v) is 11.2. The molecule has 0 amide bonds. The average Bonchev–Trinajstić information content (AvgIpc) is 2.44. The fraction of sp³-hybridized carbons (Fsp3) is 0.133. The number of alkyl halides is 6. The summed E-state index contributed by atoms with van der Waals surface area (Å²) in [4.78, 5) is 10.8. The molecular formula is C15H8F6O2. The van der Waals surface area contributed by atoms with Gasteiger partial charge >= 0.3 is 18.3 Å². The van der Waals surface area contributed by atoms with E-state index in [1.54, 1.807) is 0 Å².